The molecular weight excluding hydrogens is 176 g/mol. The van der Waals surface area contributed by atoms with E-state index in [0.717, 1.165) is 11.3 Å². The molecule has 78 valence electrons. The number of rotatable bonds is 2. The zero-order valence-electron chi connectivity index (χ0n) is 9.24. The number of benzene rings is 1. The van der Waals surface area contributed by atoms with Crippen molar-refractivity contribution in [1.82, 2.24) is 0 Å². The lowest BCUT2D eigenvalue weighted by Crippen LogP contribution is -2.23. The van der Waals surface area contributed by atoms with Crippen molar-refractivity contribution in [3.63, 3.8) is 0 Å². The van der Waals surface area contributed by atoms with E-state index in [1.54, 1.807) is 6.92 Å². The predicted octanol–water partition coefficient (Wildman–Crippen LogP) is 2.92. The van der Waals surface area contributed by atoms with E-state index in [1.807, 2.05) is 45.0 Å². The van der Waals surface area contributed by atoms with Gasteiger partial charge in [-0.15, -0.1) is 0 Å². The fraction of sp³-hybridized carbons (Fsp3) is 0.500. The van der Waals surface area contributed by atoms with Crippen molar-refractivity contribution >= 4 is 0 Å². The van der Waals surface area contributed by atoms with Crippen LogP contribution in [0.4, 0.5) is 0 Å². The largest absolute Gasteiger partial charge is 0.488 e. The molecule has 2 nitrogen and oxygen atoms in total. The summed E-state index contributed by atoms with van der Waals surface area (Å²) in [5, 5.41) is 9.52. The third-order valence-electron chi connectivity index (χ3n) is 1.79. The molecule has 0 aromatic heterocycles. The van der Waals surface area contributed by atoms with Gasteiger partial charge >= 0.3 is 0 Å². The lowest BCUT2D eigenvalue weighted by molar-refractivity contribution is 0.121. The Kier molecular flexibility index (Phi) is 3.17. The third-order valence-corrected chi connectivity index (χ3v) is 1.79. The van der Waals surface area contributed by atoms with Crippen LogP contribution in [0.1, 0.15) is 39.4 Å². The zero-order valence-corrected chi connectivity index (χ0v) is 9.24. The second-order valence-electron chi connectivity index (χ2n) is 4.43. The average molecular weight is 194 g/mol. The van der Waals surface area contributed by atoms with Gasteiger partial charge in [0, 0.05) is 5.56 Å². The van der Waals surface area contributed by atoms with E-state index in [1.165, 1.54) is 0 Å². The summed E-state index contributed by atoms with van der Waals surface area (Å²) in [6, 6.07) is 7.57. The van der Waals surface area contributed by atoms with Crippen LogP contribution in [0, 0.1) is 0 Å². The maximum absolute atomic E-state index is 9.52. The van der Waals surface area contributed by atoms with Crippen molar-refractivity contribution in [3.05, 3.63) is 29.8 Å². The molecule has 0 aliphatic heterocycles. The summed E-state index contributed by atoms with van der Waals surface area (Å²) in [5.41, 5.74) is 0.604. The Morgan fingerprint density at radius 1 is 1.21 bits per heavy atom. The highest BCUT2D eigenvalue weighted by Crippen LogP contribution is 2.27. The second kappa shape index (κ2) is 4.01. The highest BCUT2D eigenvalue weighted by atomic mass is 16.5. The molecule has 0 fully saturated rings. The molecule has 0 amide bonds. The van der Waals surface area contributed by atoms with Crippen molar-refractivity contribution in [2.24, 2.45) is 0 Å². The second-order valence-corrected chi connectivity index (χ2v) is 4.43. The van der Waals surface area contributed by atoms with E-state index in [9.17, 15) is 5.11 Å². The fourth-order valence-corrected chi connectivity index (χ4v) is 1.25. The van der Waals surface area contributed by atoms with Crippen LogP contribution in [0.2, 0.25) is 0 Å². The summed E-state index contributed by atoms with van der Waals surface area (Å²) in [5.74, 6) is 0.759. The van der Waals surface area contributed by atoms with Crippen molar-refractivity contribution in [2.75, 3.05) is 0 Å². The van der Waals surface area contributed by atoms with Crippen LogP contribution in [0.15, 0.2) is 24.3 Å². The number of hydrogen-bond donors (Lipinski definition) is 1. The van der Waals surface area contributed by atoms with E-state index in [-0.39, 0.29) is 5.60 Å². The molecule has 1 rings (SSSR count). The zero-order chi connectivity index (χ0) is 10.8. The van der Waals surface area contributed by atoms with Crippen molar-refractivity contribution in [1.29, 1.82) is 0 Å². The van der Waals surface area contributed by atoms with Gasteiger partial charge in [-0.25, -0.2) is 0 Å². The number of para-hydroxylation sites is 1. The molecule has 0 bridgehead atoms. The standard InChI is InChI=1S/C12H18O2/c1-9(13)10-7-5-6-8-11(10)14-12(2,3)4/h5-9,13H,1-4H3. The molecule has 0 aliphatic rings. The minimum absolute atomic E-state index is 0.231. The van der Waals surface area contributed by atoms with Crippen LogP contribution in [0.25, 0.3) is 0 Å². The number of ether oxygens (including phenoxy) is 1. The lowest BCUT2D eigenvalue weighted by Gasteiger charge is -2.23. The normalized spacial score (nSPS) is 13.8. The first-order chi connectivity index (χ1) is 6.40. The Morgan fingerprint density at radius 3 is 2.29 bits per heavy atom. The van der Waals surface area contributed by atoms with Crippen LogP contribution in [-0.4, -0.2) is 10.7 Å². The van der Waals surface area contributed by atoms with E-state index < -0.39 is 6.10 Å². The molecule has 0 saturated heterocycles. The highest BCUT2D eigenvalue weighted by molar-refractivity contribution is 5.35. The van der Waals surface area contributed by atoms with Crippen molar-refractivity contribution in [2.45, 2.75) is 39.4 Å². The van der Waals surface area contributed by atoms with Gasteiger partial charge in [0.2, 0.25) is 0 Å². The van der Waals surface area contributed by atoms with Crippen molar-refractivity contribution in [3.8, 4) is 5.75 Å². The molecule has 0 heterocycles. The van der Waals surface area contributed by atoms with Gasteiger partial charge in [0.25, 0.3) is 0 Å². The molecular formula is C12H18O2. The van der Waals surface area contributed by atoms with Crippen LogP contribution in [0.3, 0.4) is 0 Å². The summed E-state index contributed by atoms with van der Waals surface area (Å²) < 4.78 is 5.73. The Balaban J connectivity index is 2.96. The SMILES string of the molecule is CC(O)c1ccccc1OC(C)(C)C. The monoisotopic (exact) mass is 194 g/mol. The topological polar surface area (TPSA) is 29.5 Å². The molecule has 1 aromatic carbocycles. The number of aliphatic hydroxyl groups is 1. The van der Waals surface area contributed by atoms with E-state index >= 15 is 0 Å². The van der Waals surface area contributed by atoms with E-state index in [0.29, 0.717) is 0 Å². The number of aliphatic hydroxyl groups excluding tert-OH is 1. The van der Waals surface area contributed by atoms with Crippen LogP contribution >= 0.6 is 0 Å². The highest BCUT2D eigenvalue weighted by Gasteiger charge is 2.15. The third kappa shape index (κ3) is 3.04. The first kappa shape index (κ1) is 11.1. The quantitative estimate of drug-likeness (QED) is 0.784. The molecule has 0 radical (unpaired) electrons. The Labute approximate surface area is 85.5 Å². The molecule has 1 unspecified atom stereocenters. The Hall–Kier alpha value is -1.02. The lowest BCUT2D eigenvalue weighted by atomic mass is 10.1. The van der Waals surface area contributed by atoms with Crippen LogP contribution in [0.5, 0.6) is 5.75 Å². The molecule has 1 aromatic rings. The number of hydrogen-bond acceptors (Lipinski definition) is 2. The van der Waals surface area contributed by atoms with Gasteiger partial charge in [0.15, 0.2) is 0 Å². The van der Waals surface area contributed by atoms with Crippen LogP contribution < -0.4 is 4.74 Å². The molecule has 14 heavy (non-hydrogen) atoms. The van der Waals surface area contributed by atoms with Gasteiger partial charge in [-0.2, -0.15) is 0 Å². The van der Waals surface area contributed by atoms with Gasteiger partial charge in [0.05, 0.1) is 6.10 Å². The van der Waals surface area contributed by atoms with Gasteiger partial charge in [-0.05, 0) is 33.8 Å². The van der Waals surface area contributed by atoms with E-state index in [4.69, 9.17) is 4.74 Å². The minimum Gasteiger partial charge on any atom is -0.488 e. The Bertz CT molecular complexity index is 297. The smallest absolute Gasteiger partial charge is 0.125 e. The van der Waals surface area contributed by atoms with E-state index in [2.05, 4.69) is 0 Å². The molecule has 0 aliphatic carbocycles. The molecule has 0 saturated carbocycles. The fourth-order valence-electron chi connectivity index (χ4n) is 1.25. The predicted molar refractivity (Wildman–Crippen MR) is 57.5 cm³/mol. The summed E-state index contributed by atoms with van der Waals surface area (Å²) in [7, 11) is 0. The molecule has 1 atom stereocenters. The molecule has 0 spiro atoms. The molecule has 1 N–H and O–H groups in total. The minimum atomic E-state index is -0.492. The first-order valence-electron chi connectivity index (χ1n) is 4.86. The van der Waals surface area contributed by atoms with Gasteiger partial charge in [-0.3, -0.25) is 0 Å². The van der Waals surface area contributed by atoms with Crippen molar-refractivity contribution < 1.29 is 9.84 Å². The maximum atomic E-state index is 9.52. The summed E-state index contributed by atoms with van der Waals surface area (Å²) >= 11 is 0. The summed E-state index contributed by atoms with van der Waals surface area (Å²) in [4.78, 5) is 0. The van der Waals surface area contributed by atoms with Crippen LogP contribution in [-0.2, 0) is 0 Å². The van der Waals surface area contributed by atoms with Gasteiger partial charge in [-0.1, -0.05) is 18.2 Å². The van der Waals surface area contributed by atoms with Gasteiger partial charge < -0.3 is 9.84 Å². The summed E-state index contributed by atoms with van der Waals surface area (Å²) in [6.07, 6.45) is -0.492. The molecule has 2 heteroatoms. The summed E-state index contributed by atoms with van der Waals surface area (Å²) in [6.45, 7) is 7.72. The Morgan fingerprint density at radius 2 is 1.79 bits per heavy atom. The maximum Gasteiger partial charge on any atom is 0.125 e. The first-order valence-corrected chi connectivity index (χ1v) is 4.86. The average Bonchev–Trinajstić information content (AvgIpc) is 2.01. The van der Waals surface area contributed by atoms with Gasteiger partial charge in [0.1, 0.15) is 11.4 Å².